The van der Waals surface area contributed by atoms with Gasteiger partial charge in [-0.25, -0.2) is 0 Å². The second-order valence-electron chi connectivity index (χ2n) is 3.38. The van der Waals surface area contributed by atoms with Gasteiger partial charge in [0.15, 0.2) is 5.88 Å². The minimum absolute atomic E-state index is 0.0158. The van der Waals surface area contributed by atoms with Gasteiger partial charge in [0.2, 0.25) is 5.91 Å². The summed E-state index contributed by atoms with van der Waals surface area (Å²) in [6.07, 6.45) is 2.15. The molecule has 0 radical (unpaired) electrons. The molecule has 1 amide bonds. The first-order valence-electron chi connectivity index (χ1n) is 4.97. The quantitative estimate of drug-likeness (QED) is 0.779. The number of rotatable bonds is 3. The van der Waals surface area contributed by atoms with Crippen LogP contribution in [0.1, 0.15) is 6.42 Å². The van der Waals surface area contributed by atoms with Crippen molar-refractivity contribution in [1.82, 2.24) is 0 Å². The number of nitrogens with zero attached hydrogens (tertiary/aromatic N) is 1. The zero-order chi connectivity index (χ0) is 11.5. The number of anilines is 1. The van der Waals surface area contributed by atoms with Crippen LogP contribution in [0, 0.1) is 0 Å². The second-order valence-corrected chi connectivity index (χ2v) is 3.38. The zero-order valence-corrected chi connectivity index (χ0v) is 9.27. The van der Waals surface area contributed by atoms with E-state index in [1.807, 2.05) is 24.3 Å². The van der Waals surface area contributed by atoms with Gasteiger partial charge in [0.1, 0.15) is 5.75 Å². The Morgan fingerprint density at radius 2 is 1.81 bits per heavy atom. The lowest BCUT2D eigenvalue weighted by molar-refractivity contribution is -0.117. The Morgan fingerprint density at radius 3 is 2.38 bits per heavy atom. The first kappa shape index (κ1) is 10.5. The van der Waals surface area contributed by atoms with Crippen LogP contribution in [0.5, 0.6) is 5.75 Å². The molecule has 0 unspecified atom stereocenters. The summed E-state index contributed by atoms with van der Waals surface area (Å²) in [5.74, 6) is 1.36. The Labute approximate surface area is 94.1 Å². The van der Waals surface area contributed by atoms with Crippen LogP contribution in [0.15, 0.2) is 36.2 Å². The molecule has 0 saturated carbocycles. The molecule has 84 valence electrons. The van der Waals surface area contributed by atoms with Crippen LogP contribution in [-0.2, 0) is 9.53 Å². The molecule has 0 atom stereocenters. The highest BCUT2D eigenvalue weighted by Crippen LogP contribution is 2.27. The van der Waals surface area contributed by atoms with Gasteiger partial charge in [-0.05, 0) is 30.3 Å². The van der Waals surface area contributed by atoms with E-state index in [0.717, 1.165) is 11.4 Å². The van der Waals surface area contributed by atoms with Crippen molar-refractivity contribution in [3.8, 4) is 5.75 Å². The number of ether oxygens (including phenoxy) is 2. The minimum atomic E-state index is 0.0158. The van der Waals surface area contributed by atoms with E-state index in [2.05, 4.69) is 0 Å². The number of hydrogen-bond donors (Lipinski definition) is 0. The molecule has 0 fully saturated rings. The number of benzene rings is 1. The molecule has 0 bridgehead atoms. The van der Waals surface area contributed by atoms with Crippen LogP contribution in [0.2, 0.25) is 0 Å². The molecule has 4 heteroatoms. The first-order chi connectivity index (χ1) is 7.76. The lowest BCUT2D eigenvalue weighted by atomic mass is 10.3. The SMILES string of the molecule is COC1=CCC(=O)N1c1ccc(OC)cc1. The lowest BCUT2D eigenvalue weighted by Gasteiger charge is -2.19. The van der Waals surface area contributed by atoms with Crippen molar-refractivity contribution in [3.05, 3.63) is 36.2 Å². The standard InChI is InChI=1S/C12H13NO3/c1-15-10-5-3-9(4-6-10)13-11(14)7-8-12(13)16-2/h3-6,8H,7H2,1-2H3. The Balaban J connectivity index is 2.29. The fraction of sp³-hybridized carbons (Fsp3) is 0.250. The van der Waals surface area contributed by atoms with Gasteiger partial charge in [-0.2, -0.15) is 0 Å². The fourth-order valence-electron chi connectivity index (χ4n) is 1.66. The average molecular weight is 219 g/mol. The van der Waals surface area contributed by atoms with Crippen LogP contribution < -0.4 is 9.64 Å². The predicted molar refractivity (Wildman–Crippen MR) is 60.2 cm³/mol. The Hall–Kier alpha value is -1.97. The maximum atomic E-state index is 11.7. The minimum Gasteiger partial charge on any atom is -0.497 e. The van der Waals surface area contributed by atoms with Crippen molar-refractivity contribution >= 4 is 11.6 Å². The third kappa shape index (κ3) is 1.74. The van der Waals surface area contributed by atoms with Crippen LogP contribution in [0.4, 0.5) is 5.69 Å². The predicted octanol–water partition coefficient (Wildman–Crippen LogP) is 1.92. The largest absolute Gasteiger partial charge is 0.497 e. The summed E-state index contributed by atoms with van der Waals surface area (Å²) < 4.78 is 10.2. The molecule has 4 nitrogen and oxygen atoms in total. The second kappa shape index (κ2) is 4.26. The van der Waals surface area contributed by atoms with Crippen LogP contribution in [-0.4, -0.2) is 20.1 Å². The molecular weight excluding hydrogens is 206 g/mol. The first-order valence-corrected chi connectivity index (χ1v) is 4.97. The van der Waals surface area contributed by atoms with E-state index in [9.17, 15) is 4.79 Å². The van der Waals surface area contributed by atoms with E-state index in [-0.39, 0.29) is 5.91 Å². The topological polar surface area (TPSA) is 38.8 Å². The highest BCUT2D eigenvalue weighted by atomic mass is 16.5. The Bertz CT molecular complexity index is 422. The summed E-state index contributed by atoms with van der Waals surface area (Å²) in [7, 11) is 3.16. The molecule has 1 aromatic rings. The molecular formula is C12H13NO3. The summed E-state index contributed by atoms with van der Waals surface area (Å²) in [6.45, 7) is 0. The summed E-state index contributed by atoms with van der Waals surface area (Å²) in [6, 6.07) is 7.28. The van der Waals surface area contributed by atoms with E-state index >= 15 is 0 Å². The van der Waals surface area contributed by atoms with Gasteiger partial charge in [0, 0.05) is 0 Å². The van der Waals surface area contributed by atoms with Crippen molar-refractivity contribution in [3.63, 3.8) is 0 Å². The maximum absolute atomic E-state index is 11.7. The molecule has 0 aromatic heterocycles. The Morgan fingerprint density at radius 1 is 1.12 bits per heavy atom. The number of carbonyl (C=O) groups excluding carboxylic acids is 1. The van der Waals surface area contributed by atoms with Gasteiger partial charge < -0.3 is 9.47 Å². The monoisotopic (exact) mass is 219 g/mol. The fourth-order valence-corrected chi connectivity index (χ4v) is 1.66. The van der Waals surface area contributed by atoms with Gasteiger partial charge in [-0.15, -0.1) is 0 Å². The van der Waals surface area contributed by atoms with E-state index < -0.39 is 0 Å². The van der Waals surface area contributed by atoms with Crippen molar-refractivity contribution in [2.45, 2.75) is 6.42 Å². The van der Waals surface area contributed by atoms with Gasteiger partial charge in [-0.3, -0.25) is 9.69 Å². The smallest absolute Gasteiger partial charge is 0.237 e. The molecule has 1 aromatic carbocycles. The van der Waals surface area contributed by atoms with Crippen molar-refractivity contribution < 1.29 is 14.3 Å². The van der Waals surface area contributed by atoms with Crippen LogP contribution in [0.25, 0.3) is 0 Å². The van der Waals surface area contributed by atoms with Crippen LogP contribution >= 0.6 is 0 Å². The highest BCUT2D eigenvalue weighted by Gasteiger charge is 2.25. The maximum Gasteiger partial charge on any atom is 0.237 e. The van der Waals surface area contributed by atoms with Crippen molar-refractivity contribution in [2.75, 3.05) is 19.1 Å². The zero-order valence-electron chi connectivity index (χ0n) is 9.27. The van der Waals surface area contributed by atoms with E-state index in [4.69, 9.17) is 9.47 Å². The van der Waals surface area contributed by atoms with Crippen molar-refractivity contribution in [1.29, 1.82) is 0 Å². The molecule has 0 spiro atoms. The summed E-state index contributed by atoms with van der Waals surface area (Å²) >= 11 is 0. The molecule has 2 rings (SSSR count). The summed E-state index contributed by atoms with van der Waals surface area (Å²) in [5.41, 5.74) is 0.788. The van der Waals surface area contributed by atoms with Crippen LogP contribution in [0.3, 0.4) is 0 Å². The number of carbonyl (C=O) groups is 1. The third-order valence-electron chi connectivity index (χ3n) is 2.46. The summed E-state index contributed by atoms with van der Waals surface area (Å²) in [5, 5.41) is 0. The molecule has 1 aliphatic rings. The lowest BCUT2D eigenvalue weighted by Crippen LogP contribution is -2.25. The molecule has 0 N–H and O–H groups in total. The number of methoxy groups -OCH3 is 2. The van der Waals surface area contributed by atoms with E-state index in [1.165, 1.54) is 0 Å². The molecule has 1 aliphatic heterocycles. The number of amides is 1. The summed E-state index contributed by atoms with van der Waals surface area (Å²) in [4.78, 5) is 13.2. The molecule has 0 aliphatic carbocycles. The van der Waals surface area contributed by atoms with Gasteiger partial charge in [-0.1, -0.05) is 0 Å². The number of hydrogen-bond acceptors (Lipinski definition) is 3. The highest BCUT2D eigenvalue weighted by molar-refractivity contribution is 5.99. The third-order valence-corrected chi connectivity index (χ3v) is 2.46. The molecule has 1 heterocycles. The molecule has 0 saturated heterocycles. The van der Waals surface area contributed by atoms with Crippen molar-refractivity contribution in [2.24, 2.45) is 0 Å². The normalized spacial score (nSPS) is 15.0. The van der Waals surface area contributed by atoms with E-state index in [0.29, 0.717) is 12.3 Å². The van der Waals surface area contributed by atoms with Gasteiger partial charge in [0.05, 0.1) is 26.3 Å². The van der Waals surface area contributed by atoms with Gasteiger partial charge >= 0.3 is 0 Å². The van der Waals surface area contributed by atoms with Gasteiger partial charge in [0.25, 0.3) is 0 Å². The molecule has 16 heavy (non-hydrogen) atoms. The average Bonchev–Trinajstić information content (AvgIpc) is 2.70. The van der Waals surface area contributed by atoms with E-state index in [1.54, 1.807) is 25.2 Å². The Kier molecular flexibility index (Phi) is 2.81.